The highest BCUT2D eigenvalue weighted by atomic mass is 127. The Labute approximate surface area is 172 Å². The van der Waals surface area contributed by atoms with Gasteiger partial charge in [-0.3, -0.25) is 4.99 Å². The number of rotatable bonds is 9. The number of hydrogen-bond acceptors (Lipinski definition) is 2. The number of aliphatic imine (C=N–C) groups is 1. The van der Waals surface area contributed by atoms with Crippen LogP contribution in [0.25, 0.3) is 10.9 Å². The van der Waals surface area contributed by atoms with Gasteiger partial charge in [-0.1, -0.05) is 0 Å². The molecule has 26 heavy (non-hydrogen) atoms. The molecule has 3 N–H and O–H groups in total. The molecule has 0 saturated heterocycles. The van der Waals surface area contributed by atoms with Crippen LogP contribution in [0.15, 0.2) is 29.4 Å². The van der Waals surface area contributed by atoms with Crippen LogP contribution >= 0.6 is 24.0 Å². The van der Waals surface area contributed by atoms with Gasteiger partial charge in [-0.15, -0.1) is 24.0 Å². The number of benzene rings is 1. The molecule has 146 valence electrons. The number of aromatic nitrogens is 1. The highest BCUT2D eigenvalue weighted by molar-refractivity contribution is 14.0. The van der Waals surface area contributed by atoms with Crippen LogP contribution in [0.2, 0.25) is 0 Å². The first-order valence-electron chi connectivity index (χ1n) is 8.99. The number of aromatic amines is 1. The number of fused-ring (bicyclic) bond motifs is 1. The minimum atomic E-state index is -0.220. The quantitative estimate of drug-likeness (QED) is 0.223. The van der Waals surface area contributed by atoms with Gasteiger partial charge in [-0.05, 0) is 57.4 Å². The Kier molecular flexibility index (Phi) is 10.6. The highest BCUT2D eigenvalue weighted by Crippen LogP contribution is 2.19. The zero-order valence-corrected chi connectivity index (χ0v) is 18.1. The molecule has 0 aliphatic carbocycles. The number of nitrogens with one attached hydrogen (secondary N) is 3. The summed E-state index contributed by atoms with van der Waals surface area (Å²) in [5.41, 5.74) is 2.00. The van der Waals surface area contributed by atoms with Gasteiger partial charge in [0, 0.05) is 43.3 Å². The number of nitrogens with zero attached hydrogens (tertiary/aromatic N) is 1. The van der Waals surface area contributed by atoms with Gasteiger partial charge in [-0.2, -0.15) is 0 Å². The molecule has 1 aromatic carbocycles. The van der Waals surface area contributed by atoms with Crippen molar-refractivity contribution in [2.75, 3.05) is 26.2 Å². The second kappa shape index (κ2) is 12.1. The lowest BCUT2D eigenvalue weighted by atomic mass is 10.1. The van der Waals surface area contributed by atoms with E-state index in [0.717, 1.165) is 55.9 Å². The van der Waals surface area contributed by atoms with Crippen molar-refractivity contribution in [1.82, 2.24) is 15.6 Å². The summed E-state index contributed by atoms with van der Waals surface area (Å²) in [5, 5.41) is 7.66. The third-order valence-electron chi connectivity index (χ3n) is 3.78. The maximum absolute atomic E-state index is 13.2. The Morgan fingerprint density at radius 2 is 2.12 bits per heavy atom. The number of ether oxygens (including phenoxy) is 1. The van der Waals surface area contributed by atoms with Crippen molar-refractivity contribution in [2.45, 2.75) is 39.7 Å². The maximum Gasteiger partial charge on any atom is 0.191 e. The molecule has 0 spiro atoms. The second-order valence-electron chi connectivity index (χ2n) is 6.21. The van der Waals surface area contributed by atoms with Crippen molar-refractivity contribution in [1.29, 1.82) is 0 Å². The SMILES string of the molecule is CCNC(=NCCCOC(C)C)NCCc1c[nH]c2cc(F)ccc12.I. The molecule has 0 aliphatic rings. The molecular formula is C19H30FIN4O. The van der Waals surface area contributed by atoms with Gasteiger partial charge in [0.05, 0.1) is 6.10 Å². The smallest absolute Gasteiger partial charge is 0.191 e. The lowest BCUT2D eigenvalue weighted by Crippen LogP contribution is -2.38. The van der Waals surface area contributed by atoms with Crippen LogP contribution in [-0.4, -0.2) is 43.3 Å². The standard InChI is InChI=1S/C19H29FN4O.HI/c1-4-21-19(22-9-5-11-25-14(2)3)23-10-8-15-13-24-18-12-16(20)6-7-17(15)18;/h6-7,12-14,24H,4-5,8-11H2,1-3H3,(H2,21,22,23);1H. The molecule has 7 heteroatoms. The molecule has 0 bridgehead atoms. The van der Waals surface area contributed by atoms with E-state index in [1.807, 2.05) is 33.0 Å². The van der Waals surface area contributed by atoms with Crippen molar-refractivity contribution >= 4 is 40.8 Å². The molecule has 0 radical (unpaired) electrons. The first-order valence-corrected chi connectivity index (χ1v) is 8.99. The zero-order valence-electron chi connectivity index (χ0n) is 15.8. The fourth-order valence-corrected chi connectivity index (χ4v) is 2.60. The van der Waals surface area contributed by atoms with Gasteiger partial charge >= 0.3 is 0 Å². The molecule has 2 rings (SSSR count). The van der Waals surface area contributed by atoms with Crippen LogP contribution in [0.4, 0.5) is 4.39 Å². The molecule has 2 aromatic rings. The largest absolute Gasteiger partial charge is 0.379 e. The van der Waals surface area contributed by atoms with E-state index in [1.54, 1.807) is 0 Å². The maximum atomic E-state index is 13.2. The van der Waals surface area contributed by atoms with Gasteiger partial charge in [0.2, 0.25) is 0 Å². The van der Waals surface area contributed by atoms with Crippen molar-refractivity contribution in [3.8, 4) is 0 Å². The summed E-state index contributed by atoms with van der Waals surface area (Å²) in [7, 11) is 0. The van der Waals surface area contributed by atoms with E-state index in [9.17, 15) is 4.39 Å². The van der Waals surface area contributed by atoms with Crippen LogP contribution in [0.1, 0.15) is 32.8 Å². The highest BCUT2D eigenvalue weighted by Gasteiger charge is 2.05. The third kappa shape index (κ3) is 7.49. The monoisotopic (exact) mass is 476 g/mol. The number of halogens is 2. The molecule has 0 aliphatic heterocycles. The second-order valence-corrected chi connectivity index (χ2v) is 6.21. The van der Waals surface area contributed by atoms with Crippen LogP contribution in [0.3, 0.4) is 0 Å². The van der Waals surface area contributed by atoms with E-state index in [2.05, 4.69) is 20.6 Å². The van der Waals surface area contributed by atoms with Gasteiger partial charge in [0.1, 0.15) is 5.82 Å². The molecule has 5 nitrogen and oxygen atoms in total. The van der Waals surface area contributed by atoms with E-state index in [-0.39, 0.29) is 35.9 Å². The van der Waals surface area contributed by atoms with Crippen LogP contribution in [0, 0.1) is 5.82 Å². The molecule has 1 aromatic heterocycles. The predicted molar refractivity (Wildman–Crippen MR) is 117 cm³/mol. The molecule has 0 fully saturated rings. The summed E-state index contributed by atoms with van der Waals surface area (Å²) in [6.07, 6.45) is 3.95. The van der Waals surface area contributed by atoms with Crippen molar-refractivity contribution in [2.24, 2.45) is 4.99 Å². The van der Waals surface area contributed by atoms with E-state index in [4.69, 9.17) is 4.74 Å². The summed E-state index contributed by atoms with van der Waals surface area (Å²) in [4.78, 5) is 7.68. The van der Waals surface area contributed by atoms with Gasteiger partial charge in [0.15, 0.2) is 5.96 Å². The summed E-state index contributed by atoms with van der Waals surface area (Å²) >= 11 is 0. The van der Waals surface area contributed by atoms with E-state index >= 15 is 0 Å². The number of H-pyrrole nitrogens is 1. The van der Waals surface area contributed by atoms with E-state index in [0.29, 0.717) is 0 Å². The van der Waals surface area contributed by atoms with Crippen molar-refractivity contribution < 1.29 is 9.13 Å². The first kappa shape index (κ1) is 22.7. The lowest BCUT2D eigenvalue weighted by molar-refractivity contribution is 0.0782. The van der Waals surface area contributed by atoms with Crippen molar-refractivity contribution in [3.63, 3.8) is 0 Å². The summed E-state index contributed by atoms with van der Waals surface area (Å²) in [6.45, 7) is 9.16. The van der Waals surface area contributed by atoms with Gasteiger partial charge < -0.3 is 20.4 Å². The summed E-state index contributed by atoms with van der Waals surface area (Å²) in [5.74, 6) is 0.597. The van der Waals surface area contributed by atoms with Crippen LogP contribution in [-0.2, 0) is 11.2 Å². The normalized spacial score (nSPS) is 11.7. The minimum Gasteiger partial charge on any atom is -0.379 e. The van der Waals surface area contributed by atoms with Crippen LogP contribution in [0.5, 0.6) is 0 Å². The summed E-state index contributed by atoms with van der Waals surface area (Å²) < 4.78 is 18.8. The average molecular weight is 476 g/mol. The molecular weight excluding hydrogens is 446 g/mol. The predicted octanol–water partition coefficient (Wildman–Crippen LogP) is 3.84. The Bertz CT molecular complexity index is 687. The molecule has 0 unspecified atom stereocenters. The van der Waals surface area contributed by atoms with E-state index in [1.165, 1.54) is 17.7 Å². The molecule has 1 heterocycles. The number of guanidine groups is 1. The third-order valence-corrected chi connectivity index (χ3v) is 3.78. The Hall–Kier alpha value is -1.35. The average Bonchev–Trinajstić information content (AvgIpc) is 2.96. The number of hydrogen-bond donors (Lipinski definition) is 3. The lowest BCUT2D eigenvalue weighted by Gasteiger charge is -2.11. The van der Waals surface area contributed by atoms with Crippen molar-refractivity contribution in [3.05, 3.63) is 35.8 Å². The van der Waals surface area contributed by atoms with Gasteiger partial charge in [0.25, 0.3) is 0 Å². The zero-order chi connectivity index (χ0) is 18.1. The summed E-state index contributed by atoms with van der Waals surface area (Å²) in [6, 6.07) is 4.85. The Morgan fingerprint density at radius 1 is 1.31 bits per heavy atom. The Balaban J connectivity index is 0.00000338. The minimum absolute atomic E-state index is 0. The van der Waals surface area contributed by atoms with Gasteiger partial charge in [-0.25, -0.2) is 4.39 Å². The fourth-order valence-electron chi connectivity index (χ4n) is 2.60. The Morgan fingerprint density at radius 3 is 2.85 bits per heavy atom. The molecule has 0 saturated carbocycles. The van der Waals surface area contributed by atoms with E-state index < -0.39 is 0 Å². The first-order chi connectivity index (χ1) is 12.1. The van der Waals surface area contributed by atoms with Crippen LogP contribution < -0.4 is 10.6 Å². The topological polar surface area (TPSA) is 61.4 Å². The molecule has 0 atom stereocenters. The fraction of sp³-hybridized carbons (Fsp3) is 0.526. The molecule has 0 amide bonds.